The summed E-state index contributed by atoms with van der Waals surface area (Å²) in [5.41, 5.74) is -0.499. The van der Waals surface area contributed by atoms with E-state index in [-0.39, 0.29) is 17.3 Å². The summed E-state index contributed by atoms with van der Waals surface area (Å²) in [4.78, 5) is 13.6. The minimum Gasteiger partial charge on any atom is -0.439 e. The zero-order chi connectivity index (χ0) is 15.6. The molecule has 2 aromatic rings. The quantitative estimate of drug-likeness (QED) is 0.632. The molecule has 1 aromatic carbocycles. The summed E-state index contributed by atoms with van der Waals surface area (Å²) in [6.07, 6.45) is -3.80. The van der Waals surface area contributed by atoms with Crippen LogP contribution in [0.3, 0.4) is 0 Å². The van der Waals surface area contributed by atoms with Gasteiger partial charge in [-0.15, -0.1) is 0 Å². The van der Waals surface area contributed by atoms with Gasteiger partial charge in [-0.1, -0.05) is 0 Å². The predicted molar refractivity (Wildman–Crippen MR) is 67.1 cm³/mol. The standard InChI is InChI=1S/C13H9F3N2O3/c1-8-6-10(18(19)20)3-4-11(8)21-12-5-2-9(7-17-12)13(14,15)16/h2-7H,1H3. The molecule has 0 radical (unpaired) electrons. The number of halogens is 3. The third kappa shape index (κ3) is 3.47. The van der Waals surface area contributed by atoms with Crippen molar-refractivity contribution < 1.29 is 22.8 Å². The van der Waals surface area contributed by atoms with Gasteiger partial charge in [0.05, 0.1) is 10.5 Å². The van der Waals surface area contributed by atoms with E-state index in [4.69, 9.17) is 4.74 Å². The van der Waals surface area contributed by atoms with E-state index in [1.54, 1.807) is 6.92 Å². The van der Waals surface area contributed by atoms with E-state index in [1.165, 1.54) is 18.2 Å². The summed E-state index contributed by atoms with van der Waals surface area (Å²) in [6, 6.07) is 5.85. The van der Waals surface area contributed by atoms with Crippen molar-refractivity contribution in [1.82, 2.24) is 4.98 Å². The van der Waals surface area contributed by atoms with Gasteiger partial charge in [-0.05, 0) is 24.6 Å². The third-order valence-electron chi connectivity index (χ3n) is 2.65. The van der Waals surface area contributed by atoms with Crippen LogP contribution in [0.25, 0.3) is 0 Å². The number of hydrogen-bond donors (Lipinski definition) is 0. The minimum absolute atomic E-state index is 0.0278. The lowest BCUT2D eigenvalue weighted by Crippen LogP contribution is -2.05. The van der Waals surface area contributed by atoms with E-state index < -0.39 is 16.7 Å². The second-order valence-corrected chi connectivity index (χ2v) is 4.19. The number of rotatable bonds is 3. The second kappa shape index (κ2) is 5.39. The van der Waals surface area contributed by atoms with Gasteiger partial charge in [0.25, 0.3) is 5.69 Å². The first-order valence-corrected chi connectivity index (χ1v) is 5.73. The van der Waals surface area contributed by atoms with Crippen LogP contribution >= 0.6 is 0 Å². The average Bonchev–Trinajstić information content (AvgIpc) is 2.40. The van der Waals surface area contributed by atoms with Crippen molar-refractivity contribution in [2.24, 2.45) is 0 Å². The highest BCUT2D eigenvalue weighted by atomic mass is 19.4. The summed E-state index contributed by atoms with van der Waals surface area (Å²) in [6.45, 7) is 1.59. The minimum atomic E-state index is -4.46. The molecule has 0 bridgehead atoms. The smallest absolute Gasteiger partial charge is 0.417 e. The Kier molecular flexibility index (Phi) is 3.79. The number of nitro groups is 1. The molecule has 1 heterocycles. The predicted octanol–water partition coefficient (Wildman–Crippen LogP) is 4.11. The first-order valence-electron chi connectivity index (χ1n) is 5.73. The summed E-state index contributed by atoms with van der Waals surface area (Å²) in [5.74, 6) is 0.257. The van der Waals surface area contributed by atoms with Crippen LogP contribution in [0.15, 0.2) is 36.5 Å². The topological polar surface area (TPSA) is 65.3 Å². The Morgan fingerprint density at radius 2 is 1.95 bits per heavy atom. The molecule has 21 heavy (non-hydrogen) atoms. The summed E-state index contributed by atoms with van der Waals surface area (Å²) in [7, 11) is 0. The molecule has 8 heteroatoms. The fourth-order valence-electron chi connectivity index (χ4n) is 1.58. The number of nitro benzene ring substituents is 1. The molecule has 1 aromatic heterocycles. The Hall–Kier alpha value is -2.64. The van der Waals surface area contributed by atoms with Crippen LogP contribution in [0.4, 0.5) is 18.9 Å². The van der Waals surface area contributed by atoms with Crippen molar-refractivity contribution in [3.8, 4) is 11.6 Å². The highest BCUT2D eigenvalue weighted by molar-refractivity contribution is 5.44. The molecule has 5 nitrogen and oxygen atoms in total. The molecule has 0 aliphatic carbocycles. The number of aromatic nitrogens is 1. The van der Waals surface area contributed by atoms with E-state index in [0.29, 0.717) is 11.8 Å². The number of aryl methyl sites for hydroxylation is 1. The molecule has 0 unspecified atom stereocenters. The molecular formula is C13H9F3N2O3. The van der Waals surface area contributed by atoms with Crippen molar-refractivity contribution in [2.75, 3.05) is 0 Å². The molecule has 0 aliphatic rings. The van der Waals surface area contributed by atoms with E-state index >= 15 is 0 Å². The molecule has 2 rings (SSSR count). The second-order valence-electron chi connectivity index (χ2n) is 4.19. The Labute approximate surface area is 117 Å². The van der Waals surface area contributed by atoms with Gasteiger partial charge in [-0.25, -0.2) is 4.98 Å². The summed E-state index contributed by atoms with van der Waals surface area (Å²) >= 11 is 0. The van der Waals surface area contributed by atoms with Gasteiger partial charge in [0.2, 0.25) is 5.88 Å². The molecule has 110 valence electrons. The SMILES string of the molecule is Cc1cc([N+](=O)[O-])ccc1Oc1ccc(C(F)(F)F)cn1. The fraction of sp³-hybridized carbons (Fsp3) is 0.154. The number of benzene rings is 1. The highest BCUT2D eigenvalue weighted by Gasteiger charge is 2.30. The highest BCUT2D eigenvalue weighted by Crippen LogP contribution is 2.31. The molecule has 0 N–H and O–H groups in total. The van der Waals surface area contributed by atoms with Crippen LogP contribution < -0.4 is 4.74 Å². The lowest BCUT2D eigenvalue weighted by Gasteiger charge is -2.09. The summed E-state index contributed by atoms with van der Waals surface area (Å²) < 4.78 is 42.5. The van der Waals surface area contributed by atoms with Crippen LogP contribution in [0.5, 0.6) is 11.6 Å². The van der Waals surface area contributed by atoms with Crippen LogP contribution in [-0.4, -0.2) is 9.91 Å². The largest absolute Gasteiger partial charge is 0.439 e. The first kappa shape index (κ1) is 14.8. The van der Waals surface area contributed by atoms with Gasteiger partial charge in [0.1, 0.15) is 5.75 Å². The maximum absolute atomic E-state index is 12.4. The normalized spacial score (nSPS) is 11.2. The average molecular weight is 298 g/mol. The fourth-order valence-corrected chi connectivity index (χ4v) is 1.58. The number of alkyl halides is 3. The van der Waals surface area contributed by atoms with Crippen molar-refractivity contribution in [3.05, 3.63) is 57.8 Å². The molecule has 0 fully saturated rings. The van der Waals surface area contributed by atoms with Crippen LogP contribution in [0.2, 0.25) is 0 Å². The van der Waals surface area contributed by atoms with Gasteiger partial charge in [0, 0.05) is 24.4 Å². The van der Waals surface area contributed by atoms with E-state index in [9.17, 15) is 23.3 Å². The molecular weight excluding hydrogens is 289 g/mol. The number of nitrogens with zero attached hydrogens (tertiary/aromatic N) is 2. The number of ether oxygens (including phenoxy) is 1. The number of hydrogen-bond acceptors (Lipinski definition) is 4. The van der Waals surface area contributed by atoms with Crippen molar-refractivity contribution in [3.63, 3.8) is 0 Å². The molecule has 0 saturated heterocycles. The molecule has 0 amide bonds. The van der Waals surface area contributed by atoms with Crippen molar-refractivity contribution in [2.45, 2.75) is 13.1 Å². The Bertz CT molecular complexity index is 669. The van der Waals surface area contributed by atoms with Crippen molar-refractivity contribution >= 4 is 5.69 Å². The number of pyridine rings is 1. The van der Waals surface area contributed by atoms with E-state index in [2.05, 4.69) is 4.98 Å². The zero-order valence-electron chi connectivity index (χ0n) is 10.7. The Morgan fingerprint density at radius 1 is 1.24 bits per heavy atom. The number of non-ortho nitro benzene ring substituents is 1. The van der Waals surface area contributed by atoms with Crippen LogP contribution in [0.1, 0.15) is 11.1 Å². The van der Waals surface area contributed by atoms with Crippen molar-refractivity contribution in [1.29, 1.82) is 0 Å². The van der Waals surface area contributed by atoms with Gasteiger partial charge in [-0.2, -0.15) is 13.2 Å². The van der Waals surface area contributed by atoms with Gasteiger partial charge in [-0.3, -0.25) is 10.1 Å². The molecule has 0 aliphatic heterocycles. The Balaban J connectivity index is 2.20. The third-order valence-corrected chi connectivity index (χ3v) is 2.65. The van der Waals surface area contributed by atoms with Gasteiger partial charge in [0.15, 0.2) is 0 Å². The van der Waals surface area contributed by atoms with Gasteiger partial charge < -0.3 is 4.74 Å². The van der Waals surface area contributed by atoms with E-state index in [0.717, 1.165) is 12.1 Å². The van der Waals surface area contributed by atoms with E-state index in [1.807, 2.05) is 0 Å². The summed E-state index contributed by atoms with van der Waals surface area (Å²) in [5, 5.41) is 10.6. The van der Waals surface area contributed by atoms with Crippen LogP contribution in [-0.2, 0) is 6.18 Å². The zero-order valence-corrected chi connectivity index (χ0v) is 10.7. The molecule has 0 atom stereocenters. The van der Waals surface area contributed by atoms with Gasteiger partial charge >= 0.3 is 6.18 Å². The maximum atomic E-state index is 12.4. The molecule has 0 saturated carbocycles. The Morgan fingerprint density at radius 3 is 2.43 bits per heavy atom. The lowest BCUT2D eigenvalue weighted by atomic mass is 10.2. The monoisotopic (exact) mass is 298 g/mol. The maximum Gasteiger partial charge on any atom is 0.417 e. The first-order chi connectivity index (χ1) is 9.77. The van der Waals surface area contributed by atoms with Crippen LogP contribution in [0, 0.1) is 17.0 Å². The lowest BCUT2D eigenvalue weighted by molar-refractivity contribution is -0.384. The molecule has 0 spiro atoms.